The summed E-state index contributed by atoms with van der Waals surface area (Å²) in [5, 5.41) is 0. The molecule has 0 saturated carbocycles. The molecule has 0 amide bonds. The smallest absolute Gasteiger partial charge is 0.153 e. The van der Waals surface area contributed by atoms with Crippen LogP contribution >= 0.6 is 0 Å². The lowest BCUT2D eigenvalue weighted by Crippen LogP contribution is -2.48. The van der Waals surface area contributed by atoms with Crippen molar-refractivity contribution in [1.29, 1.82) is 0 Å². The van der Waals surface area contributed by atoms with Crippen LogP contribution in [0.5, 0.6) is 0 Å². The normalized spacial score (nSPS) is 32.6. The predicted molar refractivity (Wildman–Crippen MR) is 86.2 cm³/mol. The molecule has 2 heterocycles. The third-order valence-corrected chi connectivity index (χ3v) is 5.60. The molecule has 114 valence electrons. The van der Waals surface area contributed by atoms with Gasteiger partial charge in [0, 0.05) is 12.0 Å². The lowest BCUT2D eigenvalue weighted by Gasteiger charge is -2.36. The van der Waals surface area contributed by atoms with Crippen LogP contribution < -0.4 is 0 Å². The Bertz CT molecular complexity index is 484. The number of carbonyl (C=O) groups excluding carboxylic acids is 1. The number of likely N-dealkylation sites (N-methyl/N-ethyl adjacent to an activating group) is 1. The summed E-state index contributed by atoms with van der Waals surface area (Å²) in [7, 11) is 2.16. The minimum atomic E-state index is 0.194. The first-order chi connectivity index (χ1) is 10.2. The molecule has 2 nitrogen and oxygen atoms in total. The van der Waals surface area contributed by atoms with E-state index >= 15 is 0 Å². The van der Waals surface area contributed by atoms with Crippen LogP contribution in [0.15, 0.2) is 30.3 Å². The van der Waals surface area contributed by atoms with E-state index in [2.05, 4.69) is 43.1 Å². The third-order valence-electron chi connectivity index (χ3n) is 5.60. The SMILES string of the molecule is CCCC[C@@H]1C[C@@H]2C(=O)[C@@H](Cc3ccccc3)C[C@H]1N2C. The maximum Gasteiger partial charge on any atom is 0.153 e. The maximum atomic E-state index is 12.8. The first kappa shape index (κ1) is 14.8. The van der Waals surface area contributed by atoms with Gasteiger partial charge in [-0.2, -0.15) is 0 Å². The summed E-state index contributed by atoms with van der Waals surface area (Å²) in [6, 6.07) is 11.3. The largest absolute Gasteiger partial charge is 0.298 e. The van der Waals surface area contributed by atoms with E-state index in [9.17, 15) is 4.79 Å². The molecule has 0 N–H and O–H groups in total. The molecule has 0 unspecified atom stereocenters. The van der Waals surface area contributed by atoms with Crippen molar-refractivity contribution in [2.45, 2.75) is 57.5 Å². The molecule has 2 aliphatic rings. The van der Waals surface area contributed by atoms with E-state index in [4.69, 9.17) is 0 Å². The van der Waals surface area contributed by atoms with Gasteiger partial charge in [-0.3, -0.25) is 9.69 Å². The van der Waals surface area contributed by atoms with Gasteiger partial charge in [0.1, 0.15) is 0 Å². The van der Waals surface area contributed by atoms with E-state index in [1.165, 1.54) is 24.8 Å². The van der Waals surface area contributed by atoms with Crippen molar-refractivity contribution in [3.05, 3.63) is 35.9 Å². The molecule has 2 heteroatoms. The molecular formula is C19H27NO. The zero-order valence-corrected chi connectivity index (χ0v) is 13.3. The Morgan fingerprint density at radius 3 is 2.67 bits per heavy atom. The Balaban J connectivity index is 1.70. The number of hydrogen-bond acceptors (Lipinski definition) is 2. The summed E-state index contributed by atoms with van der Waals surface area (Å²) in [5.41, 5.74) is 1.31. The van der Waals surface area contributed by atoms with E-state index in [0.717, 1.165) is 25.2 Å². The minimum absolute atomic E-state index is 0.194. The highest BCUT2D eigenvalue weighted by Gasteiger charge is 2.49. The van der Waals surface area contributed by atoms with Crippen LogP contribution in [0.25, 0.3) is 0 Å². The number of rotatable bonds is 5. The van der Waals surface area contributed by atoms with Gasteiger partial charge < -0.3 is 0 Å². The molecule has 0 spiro atoms. The van der Waals surface area contributed by atoms with Gasteiger partial charge >= 0.3 is 0 Å². The van der Waals surface area contributed by atoms with Crippen molar-refractivity contribution < 1.29 is 4.79 Å². The van der Waals surface area contributed by atoms with Crippen molar-refractivity contribution in [3.8, 4) is 0 Å². The number of carbonyl (C=O) groups is 1. The Morgan fingerprint density at radius 1 is 1.19 bits per heavy atom. The Hall–Kier alpha value is -1.15. The summed E-state index contributed by atoms with van der Waals surface area (Å²) >= 11 is 0. The Labute approximate surface area is 128 Å². The third kappa shape index (κ3) is 2.91. The molecule has 4 atom stereocenters. The van der Waals surface area contributed by atoms with Crippen LogP contribution in [0.4, 0.5) is 0 Å². The van der Waals surface area contributed by atoms with Gasteiger partial charge in [-0.25, -0.2) is 0 Å². The fourth-order valence-corrected chi connectivity index (χ4v) is 4.39. The highest BCUT2D eigenvalue weighted by Crippen LogP contribution is 2.42. The summed E-state index contributed by atoms with van der Waals surface area (Å²) in [4.78, 5) is 15.2. The molecular weight excluding hydrogens is 258 g/mol. The fraction of sp³-hybridized carbons (Fsp3) is 0.632. The first-order valence-corrected chi connectivity index (χ1v) is 8.50. The van der Waals surface area contributed by atoms with Crippen LogP contribution in [0, 0.1) is 11.8 Å². The molecule has 2 saturated heterocycles. The van der Waals surface area contributed by atoms with Gasteiger partial charge in [0.25, 0.3) is 0 Å². The summed E-state index contributed by atoms with van der Waals surface area (Å²) in [5.74, 6) is 1.48. The van der Waals surface area contributed by atoms with Crippen LogP contribution in [0.1, 0.15) is 44.6 Å². The van der Waals surface area contributed by atoms with Crippen molar-refractivity contribution in [2.75, 3.05) is 7.05 Å². The van der Waals surface area contributed by atoms with Gasteiger partial charge in [0.05, 0.1) is 6.04 Å². The molecule has 1 aromatic rings. The van der Waals surface area contributed by atoms with E-state index in [0.29, 0.717) is 11.8 Å². The zero-order chi connectivity index (χ0) is 14.8. The van der Waals surface area contributed by atoms with E-state index in [1.54, 1.807) is 0 Å². The molecule has 0 radical (unpaired) electrons. The number of ketones is 1. The second-order valence-corrected chi connectivity index (χ2v) is 6.91. The topological polar surface area (TPSA) is 20.3 Å². The molecule has 2 aliphatic heterocycles. The van der Waals surface area contributed by atoms with Crippen LogP contribution in [-0.4, -0.2) is 29.8 Å². The molecule has 2 fully saturated rings. The molecule has 1 aromatic carbocycles. The number of hydrogen-bond donors (Lipinski definition) is 0. The van der Waals surface area contributed by atoms with Crippen LogP contribution in [0.2, 0.25) is 0 Å². The quantitative estimate of drug-likeness (QED) is 0.822. The minimum Gasteiger partial charge on any atom is -0.298 e. The standard InChI is InChI=1S/C19H27NO/c1-3-4-10-15-12-18-19(21)16(13-17(15)20(18)2)11-14-8-6-5-7-9-14/h5-9,15-18H,3-4,10-13H2,1-2H3/t15-,16+,17-,18-/m1/s1. The summed E-state index contributed by atoms with van der Waals surface area (Å²) in [6.07, 6.45) is 6.97. The number of fused-ring (bicyclic) bond motifs is 2. The van der Waals surface area contributed by atoms with Crippen LogP contribution in [-0.2, 0) is 11.2 Å². The fourth-order valence-electron chi connectivity index (χ4n) is 4.39. The van der Waals surface area contributed by atoms with Crippen molar-refractivity contribution in [1.82, 2.24) is 4.90 Å². The van der Waals surface area contributed by atoms with Gasteiger partial charge in [-0.1, -0.05) is 50.1 Å². The van der Waals surface area contributed by atoms with Gasteiger partial charge in [0.15, 0.2) is 5.78 Å². The lowest BCUT2D eigenvalue weighted by molar-refractivity contribution is -0.130. The average Bonchev–Trinajstić information content (AvgIpc) is 2.73. The number of unbranched alkanes of at least 4 members (excludes halogenated alkanes) is 1. The second-order valence-electron chi connectivity index (χ2n) is 6.91. The highest BCUT2D eigenvalue weighted by atomic mass is 16.1. The van der Waals surface area contributed by atoms with E-state index < -0.39 is 0 Å². The van der Waals surface area contributed by atoms with Crippen LogP contribution in [0.3, 0.4) is 0 Å². The number of benzene rings is 1. The first-order valence-electron chi connectivity index (χ1n) is 8.50. The number of piperidine rings is 1. The predicted octanol–water partition coefficient (Wildman–Crippen LogP) is 3.70. The van der Waals surface area contributed by atoms with Crippen molar-refractivity contribution >= 4 is 5.78 Å². The average molecular weight is 285 g/mol. The molecule has 21 heavy (non-hydrogen) atoms. The molecule has 2 bridgehead atoms. The maximum absolute atomic E-state index is 12.8. The second kappa shape index (κ2) is 6.31. The van der Waals surface area contributed by atoms with Gasteiger partial charge in [-0.15, -0.1) is 0 Å². The Morgan fingerprint density at radius 2 is 1.95 bits per heavy atom. The Kier molecular flexibility index (Phi) is 4.44. The highest BCUT2D eigenvalue weighted by molar-refractivity contribution is 5.88. The molecule has 0 aromatic heterocycles. The number of nitrogens with zero attached hydrogens (tertiary/aromatic N) is 1. The van der Waals surface area contributed by atoms with E-state index in [-0.39, 0.29) is 12.0 Å². The van der Waals surface area contributed by atoms with Crippen molar-refractivity contribution in [2.24, 2.45) is 11.8 Å². The molecule has 0 aliphatic carbocycles. The summed E-state index contributed by atoms with van der Waals surface area (Å²) < 4.78 is 0. The summed E-state index contributed by atoms with van der Waals surface area (Å²) in [6.45, 7) is 2.26. The van der Waals surface area contributed by atoms with E-state index in [1.807, 2.05) is 6.07 Å². The lowest BCUT2D eigenvalue weighted by atomic mass is 9.83. The van der Waals surface area contributed by atoms with Gasteiger partial charge in [0.2, 0.25) is 0 Å². The number of Topliss-reactive ketones (excluding diaryl/α,β-unsaturated/α-hetero) is 1. The monoisotopic (exact) mass is 285 g/mol. The van der Waals surface area contributed by atoms with Crippen molar-refractivity contribution in [3.63, 3.8) is 0 Å². The molecule has 3 rings (SSSR count). The van der Waals surface area contributed by atoms with Gasteiger partial charge in [-0.05, 0) is 44.2 Å². The zero-order valence-electron chi connectivity index (χ0n) is 13.3.